The molecule has 0 heterocycles. The lowest BCUT2D eigenvalue weighted by atomic mass is 10.1. The molecule has 1 aromatic carbocycles. The van der Waals surface area contributed by atoms with E-state index < -0.39 is 8.07 Å². The van der Waals surface area contributed by atoms with Crippen LogP contribution in [0, 0.1) is 5.92 Å². The van der Waals surface area contributed by atoms with Crippen molar-refractivity contribution in [2.24, 2.45) is 10.9 Å². The Kier molecular flexibility index (Phi) is 5.76. The molecule has 0 aliphatic heterocycles. The SMILES string of the molecule is CC(CCO)C(N=Cc1ccccc1)[Si](C)(C)C. The third-order valence-electron chi connectivity index (χ3n) is 3.19. The lowest BCUT2D eigenvalue weighted by Gasteiger charge is -2.30. The predicted octanol–water partition coefficient (Wildman–Crippen LogP) is 3.37. The first-order valence-electron chi connectivity index (χ1n) is 6.64. The summed E-state index contributed by atoms with van der Waals surface area (Å²) in [7, 11) is -1.35. The van der Waals surface area contributed by atoms with Gasteiger partial charge in [0.2, 0.25) is 0 Å². The van der Waals surface area contributed by atoms with Gasteiger partial charge in [-0.3, -0.25) is 4.99 Å². The van der Waals surface area contributed by atoms with Crippen molar-refractivity contribution in [2.45, 2.75) is 38.7 Å². The van der Waals surface area contributed by atoms with Crippen LogP contribution in [0.3, 0.4) is 0 Å². The molecule has 2 nitrogen and oxygen atoms in total. The highest BCUT2D eigenvalue weighted by Gasteiger charge is 2.30. The maximum atomic E-state index is 9.10. The van der Waals surface area contributed by atoms with Crippen molar-refractivity contribution < 1.29 is 5.11 Å². The molecule has 0 bridgehead atoms. The molecule has 2 atom stereocenters. The number of benzene rings is 1. The third-order valence-corrected chi connectivity index (χ3v) is 5.69. The third kappa shape index (κ3) is 4.74. The van der Waals surface area contributed by atoms with Gasteiger partial charge >= 0.3 is 0 Å². The minimum atomic E-state index is -1.35. The zero-order valence-corrected chi connectivity index (χ0v) is 12.9. The monoisotopic (exact) mass is 263 g/mol. The zero-order chi connectivity index (χ0) is 13.6. The lowest BCUT2D eigenvalue weighted by Crippen LogP contribution is -2.41. The molecule has 0 saturated carbocycles. The molecule has 0 aliphatic rings. The van der Waals surface area contributed by atoms with Gasteiger partial charge in [-0.1, -0.05) is 56.9 Å². The van der Waals surface area contributed by atoms with Crippen molar-refractivity contribution in [3.05, 3.63) is 35.9 Å². The van der Waals surface area contributed by atoms with E-state index in [9.17, 15) is 0 Å². The van der Waals surface area contributed by atoms with Gasteiger partial charge < -0.3 is 5.11 Å². The van der Waals surface area contributed by atoms with E-state index in [2.05, 4.69) is 38.7 Å². The van der Waals surface area contributed by atoms with Crippen molar-refractivity contribution in [3.63, 3.8) is 0 Å². The van der Waals surface area contributed by atoms with Crippen LogP contribution in [0.25, 0.3) is 0 Å². The summed E-state index contributed by atoms with van der Waals surface area (Å²) < 4.78 is 0. The smallest absolute Gasteiger partial charge is 0.0735 e. The molecular formula is C15H25NOSi. The average molecular weight is 263 g/mol. The van der Waals surface area contributed by atoms with Crippen LogP contribution >= 0.6 is 0 Å². The molecule has 0 aliphatic carbocycles. The maximum Gasteiger partial charge on any atom is 0.0735 e. The fraction of sp³-hybridized carbons (Fsp3) is 0.533. The van der Waals surface area contributed by atoms with Gasteiger partial charge in [0.25, 0.3) is 0 Å². The molecule has 1 aromatic rings. The van der Waals surface area contributed by atoms with Crippen LogP contribution in [-0.4, -0.2) is 31.7 Å². The highest BCUT2D eigenvalue weighted by Crippen LogP contribution is 2.22. The second-order valence-electron chi connectivity index (χ2n) is 5.99. The molecule has 1 N–H and O–H groups in total. The largest absolute Gasteiger partial charge is 0.396 e. The Morgan fingerprint density at radius 1 is 1.22 bits per heavy atom. The molecule has 3 heteroatoms. The minimum Gasteiger partial charge on any atom is -0.396 e. The lowest BCUT2D eigenvalue weighted by molar-refractivity contribution is 0.259. The van der Waals surface area contributed by atoms with E-state index in [1.807, 2.05) is 24.4 Å². The van der Waals surface area contributed by atoms with E-state index in [-0.39, 0.29) is 6.61 Å². The maximum absolute atomic E-state index is 9.10. The molecule has 18 heavy (non-hydrogen) atoms. The first-order chi connectivity index (χ1) is 8.45. The quantitative estimate of drug-likeness (QED) is 0.619. The van der Waals surface area contributed by atoms with E-state index in [1.165, 1.54) is 0 Å². The molecule has 0 saturated heterocycles. The Labute approximate surface area is 112 Å². The van der Waals surface area contributed by atoms with Crippen molar-refractivity contribution in [1.82, 2.24) is 0 Å². The summed E-state index contributed by atoms with van der Waals surface area (Å²) in [5.74, 6) is 0.446. The molecule has 0 spiro atoms. The van der Waals surface area contributed by atoms with Crippen molar-refractivity contribution in [1.29, 1.82) is 0 Å². The average Bonchev–Trinajstić information content (AvgIpc) is 2.29. The van der Waals surface area contributed by atoms with Gasteiger partial charge in [-0.05, 0) is 17.9 Å². The van der Waals surface area contributed by atoms with Crippen LogP contribution in [-0.2, 0) is 0 Å². The number of hydrogen-bond donors (Lipinski definition) is 1. The van der Waals surface area contributed by atoms with Crippen LogP contribution in [0.4, 0.5) is 0 Å². The summed E-state index contributed by atoms with van der Waals surface area (Å²) in [4.78, 5) is 4.81. The first-order valence-corrected chi connectivity index (χ1v) is 10.2. The number of rotatable bonds is 6. The summed E-state index contributed by atoms with van der Waals surface area (Å²) in [6.45, 7) is 9.47. The Morgan fingerprint density at radius 3 is 2.33 bits per heavy atom. The number of aliphatic imine (C=N–C) groups is 1. The fourth-order valence-corrected chi connectivity index (χ4v) is 4.69. The summed E-state index contributed by atoms with van der Waals surface area (Å²) in [5.41, 5.74) is 1.52. The highest BCUT2D eigenvalue weighted by atomic mass is 28.3. The summed E-state index contributed by atoms with van der Waals surface area (Å²) in [6.07, 6.45) is 2.82. The van der Waals surface area contributed by atoms with Gasteiger partial charge in [0.05, 0.1) is 8.07 Å². The molecule has 0 fully saturated rings. The second-order valence-corrected chi connectivity index (χ2v) is 11.3. The Morgan fingerprint density at radius 2 is 1.83 bits per heavy atom. The second kappa shape index (κ2) is 6.85. The van der Waals surface area contributed by atoms with E-state index in [4.69, 9.17) is 10.1 Å². The number of aliphatic hydroxyl groups is 1. The van der Waals surface area contributed by atoms with Gasteiger partial charge in [0.15, 0.2) is 0 Å². The van der Waals surface area contributed by atoms with Crippen LogP contribution < -0.4 is 0 Å². The van der Waals surface area contributed by atoms with Gasteiger partial charge in [-0.25, -0.2) is 0 Å². The van der Waals surface area contributed by atoms with E-state index in [1.54, 1.807) is 0 Å². The van der Waals surface area contributed by atoms with Gasteiger partial charge in [-0.2, -0.15) is 0 Å². The topological polar surface area (TPSA) is 32.6 Å². The number of aliphatic hydroxyl groups excluding tert-OH is 1. The van der Waals surface area contributed by atoms with Crippen molar-refractivity contribution in [3.8, 4) is 0 Å². The van der Waals surface area contributed by atoms with Gasteiger partial charge in [0.1, 0.15) is 0 Å². The van der Waals surface area contributed by atoms with Crippen LogP contribution in [0.5, 0.6) is 0 Å². The summed E-state index contributed by atoms with van der Waals surface area (Å²) in [6, 6.07) is 10.2. The van der Waals surface area contributed by atoms with Crippen LogP contribution in [0.1, 0.15) is 18.9 Å². The Hall–Kier alpha value is -0.933. The molecule has 2 unspecified atom stereocenters. The normalized spacial score (nSPS) is 15.8. The zero-order valence-electron chi connectivity index (χ0n) is 11.9. The summed E-state index contributed by atoms with van der Waals surface area (Å²) >= 11 is 0. The Bertz CT molecular complexity index is 370. The molecule has 0 amide bonds. The van der Waals surface area contributed by atoms with Crippen LogP contribution in [0.15, 0.2) is 35.3 Å². The van der Waals surface area contributed by atoms with Gasteiger partial charge in [-0.15, -0.1) is 0 Å². The summed E-state index contributed by atoms with van der Waals surface area (Å²) in [5, 5.41) is 9.10. The van der Waals surface area contributed by atoms with Crippen molar-refractivity contribution in [2.75, 3.05) is 6.61 Å². The van der Waals surface area contributed by atoms with Gasteiger partial charge in [0, 0.05) is 18.5 Å². The fourth-order valence-electron chi connectivity index (χ4n) is 2.29. The Balaban J connectivity index is 2.82. The van der Waals surface area contributed by atoms with Crippen LogP contribution in [0.2, 0.25) is 19.6 Å². The van der Waals surface area contributed by atoms with E-state index >= 15 is 0 Å². The molecule has 1 rings (SSSR count). The number of nitrogens with zero attached hydrogens (tertiary/aromatic N) is 1. The van der Waals surface area contributed by atoms with E-state index in [0.717, 1.165) is 12.0 Å². The van der Waals surface area contributed by atoms with Crippen molar-refractivity contribution >= 4 is 14.3 Å². The number of hydrogen-bond acceptors (Lipinski definition) is 2. The molecular weight excluding hydrogens is 238 g/mol. The highest BCUT2D eigenvalue weighted by molar-refractivity contribution is 6.77. The standard InChI is InChI=1S/C15H25NOSi/c1-13(10-11-17)15(18(2,3)4)16-12-14-8-6-5-7-9-14/h5-9,12-13,15,17H,10-11H2,1-4H3. The molecule has 0 radical (unpaired) electrons. The molecule has 100 valence electrons. The first kappa shape index (κ1) is 15.1. The minimum absolute atomic E-state index is 0.253. The molecule has 0 aromatic heterocycles. The van der Waals surface area contributed by atoms with E-state index in [0.29, 0.717) is 11.6 Å². The predicted molar refractivity (Wildman–Crippen MR) is 82.0 cm³/mol.